The molecule has 3 atom stereocenters. The highest BCUT2D eigenvalue weighted by Crippen LogP contribution is 2.42. The number of hydrogen-bond acceptors (Lipinski definition) is 4. The van der Waals surface area contributed by atoms with E-state index in [4.69, 9.17) is 16.3 Å². The van der Waals surface area contributed by atoms with Crippen molar-refractivity contribution in [1.29, 1.82) is 0 Å². The largest absolute Gasteiger partial charge is 0.386 e. The van der Waals surface area contributed by atoms with Crippen LogP contribution >= 0.6 is 22.9 Å². The number of halogens is 1. The van der Waals surface area contributed by atoms with Crippen molar-refractivity contribution in [1.82, 2.24) is 10.6 Å². The third kappa shape index (κ3) is 3.74. The van der Waals surface area contributed by atoms with Gasteiger partial charge in [0.05, 0.1) is 10.4 Å². The van der Waals surface area contributed by atoms with Crippen LogP contribution in [0.15, 0.2) is 17.1 Å². The normalized spacial score (nSPS) is 25.5. The van der Waals surface area contributed by atoms with Crippen LogP contribution in [0.2, 0.25) is 4.34 Å². The Morgan fingerprint density at radius 3 is 2.82 bits per heavy atom. The summed E-state index contributed by atoms with van der Waals surface area (Å²) in [7, 11) is 3.47. The third-order valence-corrected chi connectivity index (χ3v) is 5.71. The summed E-state index contributed by atoms with van der Waals surface area (Å²) in [6.45, 7) is 4.74. The number of nitrogens with zero attached hydrogens (tertiary/aromatic N) is 1. The predicted molar refractivity (Wildman–Crippen MR) is 91.8 cm³/mol. The van der Waals surface area contributed by atoms with Crippen LogP contribution in [-0.4, -0.2) is 43.9 Å². The van der Waals surface area contributed by atoms with E-state index in [-0.39, 0.29) is 11.5 Å². The average Bonchev–Trinajstić information content (AvgIpc) is 2.92. The topological polar surface area (TPSA) is 65.9 Å². The van der Waals surface area contributed by atoms with Crippen LogP contribution in [0, 0.1) is 5.41 Å². The number of ether oxygens (including phenoxy) is 1. The lowest BCUT2D eigenvalue weighted by atomic mass is 9.64. The van der Waals surface area contributed by atoms with Gasteiger partial charge in [-0.25, -0.2) is 0 Å². The Labute approximate surface area is 140 Å². The minimum atomic E-state index is -0.600. The van der Waals surface area contributed by atoms with Crippen LogP contribution < -0.4 is 10.6 Å². The van der Waals surface area contributed by atoms with Crippen molar-refractivity contribution in [3.05, 3.63) is 21.3 Å². The first-order chi connectivity index (χ1) is 10.4. The summed E-state index contributed by atoms with van der Waals surface area (Å²) in [6, 6.07) is 3.94. The molecule has 0 amide bonds. The van der Waals surface area contributed by atoms with Crippen LogP contribution in [0.1, 0.15) is 31.2 Å². The monoisotopic (exact) mass is 345 g/mol. The first-order valence-corrected chi connectivity index (χ1v) is 8.51. The van der Waals surface area contributed by atoms with Gasteiger partial charge >= 0.3 is 0 Å². The summed E-state index contributed by atoms with van der Waals surface area (Å²) >= 11 is 7.27. The fourth-order valence-electron chi connectivity index (χ4n) is 2.69. The number of methoxy groups -OCH3 is 1. The van der Waals surface area contributed by atoms with E-state index < -0.39 is 6.10 Å². The second-order valence-electron chi connectivity index (χ2n) is 6.09. The molecule has 1 aromatic heterocycles. The molecular formula is C15H24ClN3O2S. The van der Waals surface area contributed by atoms with E-state index in [1.54, 1.807) is 20.2 Å². The Morgan fingerprint density at radius 1 is 1.59 bits per heavy atom. The number of guanidine groups is 1. The van der Waals surface area contributed by atoms with Crippen molar-refractivity contribution in [2.24, 2.45) is 10.4 Å². The van der Waals surface area contributed by atoms with Crippen molar-refractivity contribution in [3.8, 4) is 0 Å². The number of nitrogens with one attached hydrogen (secondary N) is 2. The van der Waals surface area contributed by atoms with E-state index in [9.17, 15) is 5.11 Å². The first-order valence-electron chi connectivity index (χ1n) is 7.31. The maximum Gasteiger partial charge on any atom is 0.191 e. The SMILES string of the molecule is CN=C(NCC(O)c1ccc(Cl)s1)NC1CC(OC)C1(C)C. The summed E-state index contributed by atoms with van der Waals surface area (Å²) in [4.78, 5) is 5.06. The minimum absolute atomic E-state index is 0.0618. The Hall–Kier alpha value is -0.820. The number of aliphatic hydroxyl groups excluding tert-OH is 1. The zero-order chi connectivity index (χ0) is 16.3. The second-order valence-corrected chi connectivity index (χ2v) is 7.84. The molecule has 124 valence electrons. The molecule has 0 saturated heterocycles. The van der Waals surface area contributed by atoms with Crippen molar-refractivity contribution in [3.63, 3.8) is 0 Å². The highest BCUT2D eigenvalue weighted by Gasteiger charge is 2.48. The predicted octanol–water partition coefficient (Wildman–Crippen LogP) is 2.41. The van der Waals surface area contributed by atoms with E-state index in [1.807, 2.05) is 6.07 Å². The summed E-state index contributed by atoms with van der Waals surface area (Å²) in [5.41, 5.74) is 0.0618. The molecule has 1 heterocycles. The molecule has 1 fully saturated rings. The number of hydrogen-bond donors (Lipinski definition) is 3. The summed E-state index contributed by atoms with van der Waals surface area (Å²) in [6.07, 6.45) is 0.618. The van der Waals surface area contributed by atoms with E-state index in [0.717, 1.165) is 11.3 Å². The van der Waals surface area contributed by atoms with Gasteiger partial charge in [0.1, 0.15) is 6.10 Å². The van der Waals surface area contributed by atoms with Crippen LogP contribution in [-0.2, 0) is 4.74 Å². The molecule has 22 heavy (non-hydrogen) atoms. The van der Waals surface area contributed by atoms with Gasteiger partial charge in [-0.3, -0.25) is 4.99 Å². The highest BCUT2D eigenvalue weighted by molar-refractivity contribution is 7.16. The standard InChI is InChI=1S/C15H24ClN3O2S/c1-15(2)11(7-12(15)21-4)19-14(17-3)18-8-9(20)10-5-6-13(16)22-10/h5-6,9,11-12,20H,7-8H2,1-4H3,(H2,17,18,19). The lowest BCUT2D eigenvalue weighted by Gasteiger charge is -2.51. The van der Waals surface area contributed by atoms with E-state index >= 15 is 0 Å². The van der Waals surface area contributed by atoms with Gasteiger partial charge in [-0.2, -0.15) is 0 Å². The molecule has 5 nitrogen and oxygen atoms in total. The van der Waals surface area contributed by atoms with E-state index in [2.05, 4.69) is 29.5 Å². The first kappa shape index (κ1) is 17.5. The van der Waals surface area contributed by atoms with Crippen molar-refractivity contribution < 1.29 is 9.84 Å². The minimum Gasteiger partial charge on any atom is -0.386 e. The molecule has 3 unspecified atom stereocenters. The second kappa shape index (κ2) is 7.17. The number of aliphatic hydroxyl groups is 1. The third-order valence-electron chi connectivity index (χ3n) is 4.38. The lowest BCUT2D eigenvalue weighted by Crippen LogP contribution is -2.63. The Morgan fingerprint density at radius 2 is 2.32 bits per heavy atom. The fraction of sp³-hybridized carbons (Fsp3) is 0.667. The summed E-state index contributed by atoms with van der Waals surface area (Å²) < 4.78 is 6.13. The van der Waals surface area contributed by atoms with Crippen LogP contribution in [0.5, 0.6) is 0 Å². The molecule has 1 saturated carbocycles. The number of thiophene rings is 1. The van der Waals surface area contributed by atoms with Crippen molar-refractivity contribution in [2.75, 3.05) is 20.7 Å². The Bertz CT molecular complexity index is 533. The quantitative estimate of drug-likeness (QED) is 0.566. The highest BCUT2D eigenvalue weighted by atomic mass is 35.5. The van der Waals surface area contributed by atoms with Crippen LogP contribution in [0.4, 0.5) is 0 Å². The van der Waals surface area contributed by atoms with Gasteiger partial charge in [-0.1, -0.05) is 25.4 Å². The summed E-state index contributed by atoms with van der Waals surface area (Å²) in [5.74, 6) is 0.689. The van der Waals surface area contributed by atoms with E-state index in [1.165, 1.54) is 11.3 Å². The maximum atomic E-state index is 10.2. The molecule has 7 heteroatoms. The molecule has 1 aliphatic carbocycles. The van der Waals surface area contributed by atoms with Gasteiger partial charge in [0, 0.05) is 37.0 Å². The van der Waals surface area contributed by atoms with Crippen LogP contribution in [0.3, 0.4) is 0 Å². The summed E-state index contributed by atoms with van der Waals surface area (Å²) in [5, 5.41) is 16.7. The molecule has 1 aromatic rings. The van der Waals surface area contributed by atoms with Gasteiger partial charge in [0.15, 0.2) is 5.96 Å². The van der Waals surface area contributed by atoms with Gasteiger partial charge in [-0.05, 0) is 18.6 Å². The van der Waals surface area contributed by atoms with Crippen molar-refractivity contribution in [2.45, 2.75) is 38.5 Å². The fourth-order valence-corrected chi connectivity index (χ4v) is 3.74. The molecular weight excluding hydrogens is 322 g/mol. The molecule has 0 aliphatic heterocycles. The van der Waals surface area contributed by atoms with Crippen LogP contribution in [0.25, 0.3) is 0 Å². The Balaban J connectivity index is 1.84. The maximum absolute atomic E-state index is 10.2. The molecule has 0 spiro atoms. The van der Waals surface area contributed by atoms with Crippen molar-refractivity contribution >= 4 is 28.9 Å². The van der Waals surface area contributed by atoms with Gasteiger partial charge in [-0.15, -0.1) is 11.3 Å². The number of aliphatic imine (C=N–C) groups is 1. The molecule has 2 rings (SSSR count). The molecule has 1 aliphatic rings. The molecule has 0 aromatic carbocycles. The van der Waals surface area contributed by atoms with Gasteiger partial charge in [0.25, 0.3) is 0 Å². The molecule has 0 bridgehead atoms. The number of rotatable bonds is 5. The average molecular weight is 346 g/mol. The molecule has 3 N–H and O–H groups in total. The Kier molecular flexibility index (Phi) is 5.71. The van der Waals surface area contributed by atoms with Gasteiger partial charge < -0.3 is 20.5 Å². The van der Waals surface area contributed by atoms with Gasteiger partial charge in [0.2, 0.25) is 0 Å². The zero-order valence-corrected chi connectivity index (χ0v) is 15.0. The molecule has 0 radical (unpaired) electrons. The lowest BCUT2D eigenvalue weighted by molar-refractivity contribution is -0.0922. The smallest absolute Gasteiger partial charge is 0.191 e. The van der Waals surface area contributed by atoms with E-state index in [0.29, 0.717) is 22.9 Å². The zero-order valence-electron chi connectivity index (χ0n) is 13.4.